The minimum Gasteiger partial charge on any atom is -0.337 e. The Bertz CT molecular complexity index is 782. The van der Waals surface area contributed by atoms with E-state index in [2.05, 4.69) is 19.9 Å². The Morgan fingerprint density at radius 2 is 2.12 bits per heavy atom. The molecule has 24 heavy (non-hydrogen) atoms. The van der Waals surface area contributed by atoms with Gasteiger partial charge in [-0.25, -0.2) is 13.1 Å². The second-order valence-electron chi connectivity index (χ2n) is 5.46. The minimum atomic E-state index is -3.67. The van der Waals surface area contributed by atoms with Crippen LogP contribution in [-0.2, 0) is 21.4 Å². The summed E-state index contributed by atoms with van der Waals surface area (Å²) in [6, 6.07) is 3.66. The van der Waals surface area contributed by atoms with Crippen LogP contribution in [0, 0.1) is 13.8 Å². The van der Waals surface area contributed by atoms with Gasteiger partial charge in [0.15, 0.2) is 0 Å². The molecule has 0 saturated carbocycles. The summed E-state index contributed by atoms with van der Waals surface area (Å²) in [5.41, 5.74) is 1.79. The van der Waals surface area contributed by atoms with Crippen LogP contribution < -0.4 is 4.72 Å². The van der Waals surface area contributed by atoms with E-state index in [0.717, 1.165) is 5.56 Å². The van der Waals surface area contributed by atoms with Crippen molar-refractivity contribution in [1.82, 2.24) is 24.8 Å². The van der Waals surface area contributed by atoms with Crippen LogP contribution in [0.25, 0.3) is 0 Å². The monoisotopic (exact) mass is 351 g/mol. The number of carbonyl (C=O) groups excluding carboxylic acids is 1. The number of hydrogen-bond acceptors (Lipinski definition) is 5. The summed E-state index contributed by atoms with van der Waals surface area (Å²) in [6.07, 6.45) is 3.34. The molecule has 0 aliphatic carbocycles. The zero-order valence-electron chi connectivity index (χ0n) is 13.9. The first-order chi connectivity index (χ1) is 11.3. The SMILES string of the molecule is CC(=O)N(CCNS(=O)(=O)c1c(C)n[nH]c1C)Cc1cccnc1. The lowest BCUT2D eigenvalue weighted by Crippen LogP contribution is -2.37. The third-order valence-electron chi connectivity index (χ3n) is 3.54. The molecule has 0 aliphatic heterocycles. The van der Waals surface area contributed by atoms with Crippen molar-refractivity contribution in [1.29, 1.82) is 0 Å². The van der Waals surface area contributed by atoms with Gasteiger partial charge in [0.25, 0.3) is 0 Å². The molecule has 2 N–H and O–H groups in total. The highest BCUT2D eigenvalue weighted by Gasteiger charge is 2.22. The second kappa shape index (κ2) is 7.54. The maximum atomic E-state index is 12.4. The van der Waals surface area contributed by atoms with Gasteiger partial charge in [0.2, 0.25) is 15.9 Å². The summed E-state index contributed by atoms with van der Waals surface area (Å²) in [5.74, 6) is -0.131. The molecular weight excluding hydrogens is 330 g/mol. The van der Waals surface area contributed by atoms with Gasteiger partial charge >= 0.3 is 0 Å². The third kappa shape index (κ3) is 4.39. The number of nitrogens with zero attached hydrogens (tertiary/aromatic N) is 3. The molecule has 2 heterocycles. The molecule has 0 spiro atoms. The zero-order chi connectivity index (χ0) is 17.7. The predicted molar refractivity (Wildman–Crippen MR) is 88.6 cm³/mol. The zero-order valence-corrected chi connectivity index (χ0v) is 14.7. The van der Waals surface area contributed by atoms with Crippen LogP contribution in [0.5, 0.6) is 0 Å². The number of rotatable bonds is 7. The van der Waals surface area contributed by atoms with E-state index in [0.29, 0.717) is 17.9 Å². The van der Waals surface area contributed by atoms with Crippen LogP contribution in [0.4, 0.5) is 0 Å². The minimum absolute atomic E-state index is 0.117. The van der Waals surface area contributed by atoms with E-state index in [1.165, 1.54) is 6.92 Å². The number of aryl methyl sites for hydroxylation is 2. The summed E-state index contributed by atoms with van der Waals surface area (Å²) in [7, 11) is -3.67. The molecule has 0 saturated heterocycles. The van der Waals surface area contributed by atoms with Crippen LogP contribution in [0.3, 0.4) is 0 Å². The second-order valence-corrected chi connectivity index (χ2v) is 7.17. The van der Waals surface area contributed by atoms with Crippen molar-refractivity contribution in [2.24, 2.45) is 0 Å². The van der Waals surface area contributed by atoms with Crippen molar-refractivity contribution >= 4 is 15.9 Å². The van der Waals surface area contributed by atoms with Crippen molar-refractivity contribution in [3.8, 4) is 0 Å². The third-order valence-corrected chi connectivity index (χ3v) is 5.27. The lowest BCUT2D eigenvalue weighted by molar-refractivity contribution is -0.129. The molecule has 9 heteroatoms. The van der Waals surface area contributed by atoms with Crippen LogP contribution in [0.2, 0.25) is 0 Å². The van der Waals surface area contributed by atoms with E-state index in [9.17, 15) is 13.2 Å². The predicted octanol–water partition coefficient (Wildman–Crippen LogP) is 0.749. The molecule has 0 radical (unpaired) electrons. The van der Waals surface area contributed by atoms with Crippen LogP contribution >= 0.6 is 0 Å². The topological polar surface area (TPSA) is 108 Å². The average molecular weight is 351 g/mol. The number of nitrogens with one attached hydrogen (secondary N) is 2. The number of hydrogen-bond donors (Lipinski definition) is 2. The van der Waals surface area contributed by atoms with Crippen LogP contribution in [-0.4, -0.2) is 47.5 Å². The molecule has 8 nitrogen and oxygen atoms in total. The number of aromatic amines is 1. The van der Waals surface area contributed by atoms with E-state index in [-0.39, 0.29) is 23.9 Å². The highest BCUT2D eigenvalue weighted by Crippen LogP contribution is 2.15. The number of amides is 1. The smallest absolute Gasteiger partial charge is 0.244 e. The lowest BCUT2D eigenvalue weighted by atomic mass is 10.2. The Balaban J connectivity index is 1.99. The van der Waals surface area contributed by atoms with Crippen molar-refractivity contribution < 1.29 is 13.2 Å². The first-order valence-corrected chi connectivity index (χ1v) is 8.95. The van der Waals surface area contributed by atoms with Gasteiger partial charge in [-0.05, 0) is 25.5 Å². The first-order valence-electron chi connectivity index (χ1n) is 7.47. The largest absolute Gasteiger partial charge is 0.337 e. The molecule has 1 amide bonds. The maximum absolute atomic E-state index is 12.4. The Morgan fingerprint density at radius 3 is 2.67 bits per heavy atom. The standard InChI is InChI=1S/C15H21N5O3S/c1-11-15(12(2)19-18-11)24(22,23)17-7-8-20(13(3)21)10-14-5-4-6-16-9-14/h4-6,9,17H,7-8,10H2,1-3H3,(H,18,19). The van der Waals surface area contributed by atoms with E-state index in [4.69, 9.17) is 0 Å². The normalized spacial score (nSPS) is 11.5. The number of sulfonamides is 1. The summed E-state index contributed by atoms with van der Waals surface area (Å²) in [4.78, 5) is 17.5. The van der Waals surface area contributed by atoms with E-state index in [1.54, 1.807) is 37.2 Å². The molecule has 2 rings (SSSR count). The fourth-order valence-corrected chi connectivity index (χ4v) is 3.77. The van der Waals surface area contributed by atoms with Gasteiger partial charge in [-0.3, -0.25) is 14.9 Å². The van der Waals surface area contributed by atoms with Crippen LogP contribution in [0.1, 0.15) is 23.9 Å². The van der Waals surface area contributed by atoms with E-state index in [1.807, 2.05) is 6.07 Å². The number of carbonyl (C=O) groups is 1. The highest BCUT2D eigenvalue weighted by molar-refractivity contribution is 7.89. The van der Waals surface area contributed by atoms with E-state index < -0.39 is 10.0 Å². The van der Waals surface area contributed by atoms with Gasteiger partial charge in [-0.2, -0.15) is 5.10 Å². The number of pyridine rings is 1. The Hall–Kier alpha value is -2.26. The van der Waals surface area contributed by atoms with Crippen molar-refractivity contribution in [2.75, 3.05) is 13.1 Å². The summed E-state index contributed by atoms with van der Waals surface area (Å²) < 4.78 is 27.2. The van der Waals surface area contributed by atoms with Gasteiger partial charge in [-0.1, -0.05) is 6.07 Å². The first kappa shape index (κ1) is 18.1. The average Bonchev–Trinajstić information content (AvgIpc) is 2.86. The Labute approximate surface area is 141 Å². The summed E-state index contributed by atoms with van der Waals surface area (Å²) in [5, 5.41) is 6.55. The molecule has 0 aliphatic rings. The number of aromatic nitrogens is 3. The molecule has 2 aromatic heterocycles. The summed E-state index contributed by atoms with van der Waals surface area (Å²) >= 11 is 0. The van der Waals surface area contributed by atoms with Crippen LogP contribution in [0.15, 0.2) is 29.4 Å². The van der Waals surface area contributed by atoms with Gasteiger partial charge in [0.05, 0.1) is 11.4 Å². The molecule has 0 aromatic carbocycles. The quantitative estimate of drug-likeness (QED) is 0.765. The molecule has 130 valence electrons. The Kier molecular flexibility index (Phi) is 5.68. The maximum Gasteiger partial charge on any atom is 0.244 e. The van der Waals surface area contributed by atoms with Gasteiger partial charge in [0, 0.05) is 39.0 Å². The fraction of sp³-hybridized carbons (Fsp3) is 0.400. The molecular formula is C15H21N5O3S. The Morgan fingerprint density at radius 1 is 1.38 bits per heavy atom. The van der Waals surface area contributed by atoms with Crippen molar-refractivity contribution in [3.63, 3.8) is 0 Å². The molecule has 0 unspecified atom stereocenters. The van der Waals surface area contributed by atoms with E-state index >= 15 is 0 Å². The molecule has 0 fully saturated rings. The van der Waals surface area contributed by atoms with Gasteiger partial charge in [-0.15, -0.1) is 0 Å². The highest BCUT2D eigenvalue weighted by atomic mass is 32.2. The van der Waals surface area contributed by atoms with Gasteiger partial charge in [0.1, 0.15) is 4.90 Å². The lowest BCUT2D eigenvalue weighted by Gasteiger charge is -2.21. The number of H-pyrrole nitrogens is 1. The van der Waals surface area contributed by atoms with Crippen molar-refractivity contribution in [3.05, 3.63) is 41.5 Å². The van der Waals surface area contributed by atoms with Crippen molar-refractivity contribution in [2.45, 2.75) is 32.2 Å². The molecule has 0 bridgehead atoms. The van der Waals surface area contributed by atoms with Gasteiger partial charge < -0.3 is 4.90 Å². The molecule has 0 atom stereocenters. The summed E-state index contributed by atoms with van der Waals surface area (Å²) in [6.45, 7) is 5.50. The fourth-order valence-electron chi connectivity index (χ4n) is 2.38. The molecule has 2 aromatic rings.